The smallest absolute Gasteiger partial charge is 0.337 e. The van der Waals surface area contributed by atoms with E-state index in [0.717, 1.165) is 34.6 Å². The van der Waals surface area contributed by atoms with Gasteiger partial charge in [0, 0.05) is 78.3 Å². The third-order valence-corrected chi connectivity index (χ3v) is 10.0. The number of aliphatic carboxylic acids is 1. The van der Waals surface area contributed by atoms with Gasteiger partial charge in [0.15, 0.2) is 17.7 Å². The maximum atomic E-state index is 15.9. The van der Waals surface area contributed by atoms with Crippen molar-refractivity contribution in [3.8, 4) is 28.1 Å². The van der Waals surface area contributed by atoms with Crippen LogP contribution in [0.5, 0.6) is 5.75 Å². The van der Waals surface area contributed by atoms with Gasteiger partial charge in [-0.25, -0.2) is 19.2 Å². The Morgan fingerprint density at radius 3 is 2.44 bits per heavy atom. The molecular weight excluding hydrogens is 661 g/mol. The number of piperazine rings is 1. The van der Waals surface area contributed by atoms with Crippen molar-refractivity contribution in [3.05, 3.63) is 94.6 Å². The number of rotatable bonds is 7. The van der Waals surface area contributed by atoms with E-state index in [9.17, 15) is 14.7 Å². The Balaban J connectivity index is 1.33. The van der Waals surface area contributed by atoms with Crippen LogP contribution in [0.1, 0.15) is 66.0 Å². The molecule has 2 aliphatic heterocycles. The van der Waals surface area contributed by atoms with Gasteiger partial charge in [-0.3, -0.25) is 4.79 Å². The topological polar surface area (TPSA) is 110 Å². The molecule has 11 heteroatoms. The minimum absolute atomic E-state index is 0.0232. The van der Waals surface area contributed by atoms with Crippen molar-refractivity contribution in [2.24, 2.45) is 7.05 Å². The van der Waals surface area contributed by atoms with Gasteiger partial charge in [0.1, 0.15) is 11.5 Å². The van der Waals surface area contributed by atoms with Gasteiger partial charge < -0.3 is 28.9 Å². The molecule has 270 valence electrons. The molecule has 3 aromatic heterocycles. The van der Waals surface area contributed by atoms with E-state index in [1.54, 1.807) is 13.1 Å². The summed E-state index contributed by atoms with van der Waals surface area (Å²) in [6.45, 7) is 12.0. The van der Waals surface area contributed by atoms with Crippen LogP contribution in [0.4, 0.5) is 10.2 Å². The maximum Gasteiger partial charge on any atom is 0.337 e. The predicted octanol–water partition coefficient (Wildman–Crippen LogP) is 7.29. The molecule has 1 amide bonds. The van der Waals surface area contributed by atoms with E-state index in [4.69, 9.17) is 19.4 Å². The molecule has 2 aliphatic rings. The molecule has 0 bridgehead atoms. The Labute approximate surface area is 302 Å². The van der Waals surface area contributed by atoms with Crippen molar-refractivity contribution in [2.45, 2.75) is 59.2 Å². The Bertz CT molecular complexity index is 2180. The molecule has 52 heavy (non-hydrogen) atoms. The van der Waals surface area contributed by atoms with E-state index in [-0.39, 0.29) is 11.7 Å². The van der Waals surface area contributed by atoms with Crippen molar-refractivity contribution >= 4 is 28.7 Å². The fraction of sp³-hybridized carbons (Fsp3) is 0.366. The largest absolute Gasteiger partial charge is 0.490 e. The zero-order chi connectivity index (χ0) is 36.9. The van der Waals surface area contributed by atoms with E-state index in [1.807, 2.05) is 92.7 Å². The molecule has 0 unspecified atom stereocenters. The molecule has 10 nitrogen and oxygen atoms in total. The monoisotopic (exact) mass is 705 g/mol. The number of hydrogen-bond donors (Lipinski definition) is 1. The summed E-state index contributed by atoms with van der Waals surface area (Å²) < 4.78 is 29.8. The molecule has 0 saturated carbocycles. The van der Waals surface area contributed by atoms with Crippen LogP contribution in [-0.2, 0) is 23.0 Å². The van der Waals surface area contributed by atoms with Gasteiger partial charge >= 0.3 is 5.97 Å². The van der Waals surface area contributed by atoms with Crippen molar-refractivity contribution in [1.29, 1.82) is 0 Å². The van der Waals surface area contributed by atoms with Crippen LogP contribution in [0.15, 0.2) is 60.8 Å². The number of hydrogen-bond acceptors (Lipinski definition) is 7. The molecule has 7 rings (SSSR count). The van der Waals surface area contributed by atoms with Gasteiger partial charge in [-0.05, 0) is 95.0 Å². The summed E-state index contributed by atoms with van der Waals surface area (Å²) in [6, 6.07) is 16.8. The lowest BCUT2D eigenvalue weighted by molar-refractivity contribution is -0.160. The van der Waals surface area contributed by atoms with Crippen LogP contribution in [0.2, 0.25) is 0 Å². The summed E-state index contributed by atoms with van der Waals surface area (Å²) in [7, 11) is 1.93. The lowest BCUT2D eigenvalue weighted by Gasteiger charge is -2.35. The lowest BCUT2D eigenvalue weighted by Crippen LogP contribution is -2.49. The van der Waals surface area contributed by atoms with Gasteiger partial charge in [-0.15, -0.1) is 0 Å². The van der Waals surface area contributed by atoms with Gasteiger partial charge in [-0.2, -0.15) is 0 Å². The quantitative estimate of drug-likeness (QED) is 0.188. The van der Waals surface area contributed by atoms with Crippen LogP contribution in [0.3, 0.4) is 0 Å². The minimum atomic E-state index is -1.36. The lowest BCUT2D eigenvalue weighted by atomic mass is 9.86. The highest BCUT2D eigenvalue weighted by molar-refractivity contribution is 6.01. The second kappa shape index (κ2) is 13.7. The Morgan fingerprint density at radius 2 is 1.75 bits per heavy atom. The van der Waals surface area contributed by atoms with E-state index in [0.29, 0.717) is 78.2 Å². The average molecular weight is 706 g/mol. The van der Waals surface area contributed by atoms with Crippen LogP contribution >= 0.6 is 0 Å². The zero-order valence-electron chi connectivity index (χ0n) is 30.5. The van der Waals surface area contributed by atoms with Crippen LogP contribution in [0.25, 0.3) is 33.4 Å². The summed E-state index contributed by atoms with van der Waals surface area (Å²) in [6.07, 6.45) is 1.84. The molecule has 5 heterocycles. The van der Waals surface area contributed by atoms with E-state index in [2.05, 4.69) is 4.90 Å². The molecule has 1 N–H and O–H groups in total. The summed E-state index contributed by atoms with van der Waals surface area (Å²) in [5, 5.41) is 11.3. The normalized spacial score (nSPS) is 15.4. The number of halogens is 1. The van der Waals surface area contributed by atoms with Gasteiger partial charge in [-0.1, -0.05) is 18.2 Å². The van der Waals surface area contributed by atoms with Crippen molar-refractivity contribution in [3.63, 3.8) is 0 Å². The number of nitrogens with zero attached hydrogens (tertiary/aromatic N) is 5. The van der Waals surface area contributed by atoms with Crippen LogP contribution in [0, 0.1) is 19.7 Å². The second-order valence-electron chi connectivity index (χ2n) is 14.6. The number of aryl methyl sites for hydroxylation is 2. The number of carboxylic acid groups (broad SMARTS) is 1. The summed E-state index contributed by atoms with van der Waals surface area (Å²) in [4.78, 5) is 39.7. The number of carboxylic acids is 1. The standard InChI is InChI=1S/C41H44FN5O5/c1-24-28-13-10-20-51-36(28)31(42)22-29(24)35-30-23-32(45(6)38(30)44-25(2)34(35)37(40(49)50)52-41(3,4)5)27-14-15-43-33(21-27)46-16-18-47(19-17-46)39(48)26-11-8-7-9-12-26/h7-9,11-12,14-15,21-23,37H,10,13,16-20H2,1-6H3,(H,49,50)/t37-/m0/s1. The first-order valence-corrected chi connectivity index (χ1v) is 17.7. The number of carbonyl (C=O) groups is 2. The van der Waals surface area contributed by atoms with Gasteiger partial charge in [0.2, 0.25) is 0 Å². The third-order valence-electron chi connectivity index (χ3n) is 10.0. The molecule has 1 saturated heterocycles. The number of pyridine rings is 2. The average Bonchev–Trinajstić information content (AvgIpc) is 3.46. The van der Waals surface area contributed by atoms with Crippen molar-refractivity contribution in [2.75, 3.05) is 37.7 Å². The molecule has 5 aromatic rings. The Hall–Kier alpha value is -5.29. The fourth-order valence-electron chi connectivity index (χ4n) is 7.50. The number of benzene rings is 2. The molecule has 1 fully saturated rings. The highest BCUT2D eigenvalue weighted by atomic mass is 19.1. The highest BCUT2D eigenvalue weighted by Gasteiger charge is 2.35. The van der Waals surface area contributed by atoms with E-state index in [1.165, 1.54) is 6.07 Å². The highest BCUT2D eigenvalue weighted by Crippen LogP contribution is 2.45. The number of ether oxygens (including phenoxy) is 2. The zero-order valence-corrected chi connectivity index (χ0v) is 30.5. The number of amides is 1. The van der Waals surface area contributed by atoms with Crippen LogP contribution in [-0.4, -0.2) is 74.8 Å². The minimum Gasteiger partial charge on any atom is -0.490 e. The van der Waals surface area contributed by atoms with Crippen molar-refractivity contribution < 1.29 is 28.6 Å². The molecule has 0 aliphatic carbocycles. The Kier molecular flexibility index (Phi) is 9.25. The number of anilines is 1. The molecule has 0 spiro atoms. The van der Waals surface area contributed by atoms with Crippen molar-refractivity contribution in [1.82, 2.24) is 19.4 Å². The van der Waals surface area contributed by atoms with E-state index >= 15 is 4.39 Å². The first kappa shape index (κ1) is 35.1. The third kappa shape index (κ3) is 6.49. The first-order chi connectivity index (χ1) is 24.8. The fourth-order valence-corrected chi connectivity index (χ4v) is 7.50. The molecule has 1 atom stereocenters. The first-order valence-electron chi connectivity index (χ1n) is 17.7. The van der Waals surface area contributed by atoms with Gasteiger partial charge in [0.05, 0.1) is 17.9 Å². The predicted molar refractivity (Wildman–Crippen MR) is 198 cm³/mol. The Morgan fingerprint density at radius 1 is 1.02 bits per heavy atom. The summed E-state index contributed by atoms with van der Waals surface area (Å²) in [5.74, 6) is -0.555. The number of fused-ring (bicyclic) bond motifs is 2. The SMILES string of the molecule is Cc1nc2c(cc(-c3ccnc(N4CCN(C(=O)c5ccccc5)CC4)c3)n2C)c(-c2cc(F)c3c(c2C)CCCO3)c1[C@H](OC(C)(C)C)C(=O)O. The number of carbonyl (C=O) groups excluding carboxylic acids is 1. The maximum absolute atomic E-state index is 15.9. The van der Waals surface area contributed by atoms with Crippen LogP contribution < -0.4 is 9.64 Å². The van der Waals surface area contributed by atoms with Gasteiger partial charge in [0.25, 0.3) is 5.91 Å². The number of aromatic nitrogens is 3. The second-order valence-corrected chi connectivity index (χ2v) is 14.6. The summed E-state index contributed by atoms with van der Waals surface area (Å²) in [5.41, 5.74) is 5.93. The van der Waals surface area contributed by atoms with E-state index < -0.39 is 23.5 Å². The summed E-state index contributed by atoms with van der Waals surface area (Å²) >= 11 is 0. The molecule has 0 radical (unpaired) electrons. The molecule has 2 aromatic carbocycles. The molecular formula is C41H44FN5O5.